The third-order valence-electron chi connectivity index (χ3n) is 4.04. The van der Waals surface area contributed by atoms with E-state index in [1.54, 1.807) is 12.4 Å². The number of aromatic amines is 2. The zero-order chi connectivity index (χ0) is 19.3. The van der Waals surface area contributed by atoms with Gasteiger partial charge in [0.05, 0.1) is 18.1 Å². The van der Waals surface area contributed by atoms with E-state index in [1.165, 1.54) is 0 Å². The minimum atomic E-state index is 0.0150. The van der Waals surface area contributed by atoms with Gasteiger partial charge < -0.3 is 9.97 Å². The lowest BCUT2D eigenvalue weighted by atomic mass is 10.0. The molecule has 4 rings (SSSR count). The molecule has 4 aromatic rings. The van der Waals surface area contributed by atoms with Crippen LogP contribution in [0.15, 0.2) is 48.8 Å². The topological polar surface area (TPSA) is 91.5 Å². The van der Waals surface area contributed by atoms with Gasteiger partial charge in [-0.3, -0.25) is 9.59 Å². The molecule has 8 heteroatoms. The van der Waals surface area contributed by atoms with E-state index in [9.17, 15) is 9.59 Å². The van der Waals surface area contributed by atoms with Crippen LogP contribution in [0.5, 0.6) is 0 Å². The molecule has 0 saturated carbocycles. The van der Waals surface area contributed by atoms with Gasteiger partial charge in [-0.15, -0.1) is 0 Å². The molecule has 2 unspecified atom stereocenters. The predicted molar refractivity (Wildman–Crippen MR) is 115 cm³/mol. The zero-order valence-corrected chi connectivity index (χ0v) is 16.5. The Bertz CT molecular complexity index is 1230. The number of imidazole rings is 2. The van der Waals surface area contributed by atoms with E-state index in [-0.39, 0.29) is 17.2 Å². The fourth-order valence-corrected chi connectivity index (χ4v) is 3.66. The first-order valence-electron chi connectivity index (χ1n) is 8.32. The number of fused-ring (bicyclic) bond motifs is 1. The number of aromatic nitrogens is 4. The van der Waals surface area contributed by atoms with Crippen LogP contribution in [0.1, 0.15) is 11.3 Å². The van der Waals surface area contributed by atoms with Crippen LogP contribution in [-0.4, -0.2) is 32.0 Å². The van der Waals surface area contributed by atoms with Crippen molar-refractivity contribution in [1.29, 1.82) is 0 Å². The predicted octanol–water partition coefficient (Wildman–Crippen LogP) is 2.34. The molecule has 0 fully saturated rings. The molecule has 0 saturated heterocycles. The molecule has 0 aliphatic carbocycles. The molecular formula is C20H14N4O2P2. The molecular weight excluding hydrogens is 390 g/mol. The number of rotatable bonds is 5. The van der Waals surface area contributed by atoms with Crippen molar-refractivity contribution in [2.75, 3.05) is 0 Å². The Morgan fingerprint density at radius 3 is 2.36 bits per heavy atom. The summed E-state index contributed by atoms with van der Waals surface area (Å²) in [7, 11) is 0.0500. The highest BCUT2D eigenvalue weighted by Gasteiger charge is 2.05. The third kappa shape index (κ3) is 4.07. The quantitative estimate of drug-likeness (QED) is 0.304. The van der Waals surface area contributed by atoms with E-state index >= 15 is 0 Å². The Morgan fingerprint density at radius 1 is 0.821 bits per heavy atom. The molecule has 0 aliphatic heterocycles. The van der Waals surface area contributed by atoms with Crippen LogP contribution in [0.3, 0.4) is 0 Å². The van der Waals surface area contributed by atoms with Crippen LogP contribution in [0.4, 0.5) is 0 Å². The fourth-order valence-electron chi connectivity index (χ4n) is 2.74. The summed E-state index contributed by atoms with van der Waals surface area (Å²) in [5, 5.41) is 2.17. The van der Waals surface area contributed by atoms with Gasteiger partial charge in [-0.2, -0.15) is 0 Å². The van der Waals surface area contributed by atoms with Gasteiger partial charge >= 0.3 is 0 Å². The van der Waals surface area contributed by atoms with Gasteiger partial charge in [-0.25, -0.2) is 9.97 Å². The average molecular weight is 404 g/mol. The SMILES string of the molecule is O=CPc1ncc(C#Cc2ccc3cc(-c4cnc(PC=O)[nH]4)ccc3c2)[nH]1. The minimum Gasteiger partial charge on any atom is -0.338 e. The standard InChI is InChI=1S/C20H14N4O2P2/c25-11-27-19-21-9-17(23-19)6-2-13-1-3-15-8-16(5-4-14(15)7-13)18-10-22-20(24-18)28-12-26/h1,3-5,7-12,27-28H,(H,21,23)(H,22,24). The molecule has 0 spiro atoms. The zero-order valence-electron chi connectivity index (χ0n) is 14.5. The Balaban J connectivity index is 1.58. The van der Waals surface area contributed by atoms with Crippen molar-refractivity contribution in [2.45, 2.75) is 0 Å². The Labute approximate surface area is 164 Å². The van der Waals surface area contributed by atoms with Crippen molar-refractivity contribution >= 4 is 51.1 Å². The van der Waals surface area contributed by atoms with Crippen LogP contribution >= 0.6 is 17.2 Å². The smallest absolute Gasteiger partial charge is 0.146 e. The number of carbonyl (C=O) groups excluding carboxylic acids is 2. The summed E-state index contributed by atoms with van der Waals surface area (Å²) < 4.78 is 0. The van der Waals surface area contributed by atoms with Crippen LogP contribution in [-0.2, 0) is 9.59 Å². The number of benzene rings is 2. The lowest BCUT2D eigenvalue weighted by Crippen LogP contribution is -1.98. The van der Waals surface area contributed by atoms with Crippen molar-refractivity contribution < 1.29 is 9.59 Å². The lowest BCUT2D eigenvalue weighted by molar-refractivity contribution is 0.569. The van der Waals surface area contributed by atoms with Gasteiger partial charge in [0.15, 0.2) is 0 Å². The van der Waals surface area contributed by atoms with Crippen molar-refractivity contribution in [3.8, 4) is 23.1 Å². The van der Waals surface area contributed by atoms with Gasteiger partial charge in [-0.05, 0) is 34.9 Å². The van der Waals surface area contributed by atoms with Crippen LogP contribution in [0, 0.1) is 11.8 Å². The molecule has 136 valence electrons. The summed E-state index contributed by atoms with van der Waals surface area (Å²) in [6.07, 6.45) is 3.38. The van der Waals surface area contributed by atoms with E-state index < -0.39 is 0 Å². The van der Waals surface area contributed by atoms with Crippen LogP contribution < -0.4 is 11.1 Å². The lowest BCUT2D eigenvalue weighted by Gasteiger charge is -2.02. The first-order chi connectivity index (χ1) is 13.7. The largest absolute Gasteiger partial charge is 0.338 e. The number of nitrogens with zero attached hydrogens (tertiary/aromatic N) is 2. The summed E-state index contributed by atoms with van der Waals surface area (Å²) in [6.45, 7) is 0. The van der Waals surface area contributed by atoms with Crippen LogP contribution in [0.25, 0.3) is 22.0 Å². The van der Waals surface area contributed by atoms with Gasteiger partial charge in [0.2, 0.25) is 0 Å². The highest BCUT2D eigenvalue weighted by Crippen LogP contribution is 2.24. The second-order valence-electron chi connectivity index (χ2n) is 5.84. The number of hydrogen-bond acceptors (Lipinski definition) is 4. The van der Waals surface area contributed by atoms with Gasteiger partial charge in [0.1, 0.15) is 28.9 Å². The molecule has 6 nitrogen and oxygen atoms in total. The highest BCUT2D eigenvalue weighted by atomic mass is 31.1. The summed E-state index contributed by atoms with van der Waals surface area (Å²) in [4.78, 5) is 35.7. The maximum Gasteiger partial charge on any atom is 0.146 e. The summed E-state index contributed by atoms with van der Waals surface area (Å²) in [5.41, 5.74) is 4.81. The van der Waals surface area contributed by atoms with Crippen LogP contribution in [0.2, 0.25) is 0 Å². The van der Waals surface area contributed by atoms with E-state index in [4.69, 9.17) is 0 Å². The van der Waals surface area contributed by atoms with E-state index in [0.717, 1.165) is 39.6 Å². The molecule has 0 bridgehead atoms. The van der Waals surface area contributed by atoms with E-state index in [1.807, 2.05) is 30.3 Å². The number of hydrogen-bond donors (Lipinski definition) is 2. The summed E-state index contributed by atoms with van der Waals surface area (Å²) >= 11 is 0. The minimum absolute atomic E-state index is 0.0150. The van der Waals surface area contributed by atoms with Crippen molar-refractivity contribution in [3.63, 3.8) is 0 Å². The Morgan fingerprint density at radius 2 is 1.54 bits per heavy atom. The van der Waals surface area contributed by atoms with Crippen molar-refractivity contribution in [1.82, 2.24) is 19.9 Å². The molecule has 28 heavy (non-hydrogen) atoms. The molecule has 2 aromatic carbocycles. The van der Waals surface area contributed by atoms with Crippen molar-refractivity contribution in [3.05, 3.63) is 60.0 Å². The first-order valence-corrected chi connectivity index (χ1v) is 10.5. The number of nitrogens with one attached hydrogen (secondary N) is 2. The maximum absolute atomic E-state index is 10.6. The Kier molecular flexibility index (Phi) is 5.39. The molecule has 0 aliphatic rings. The maximum atomic E-state index is 10.6. The average Bonchev–Trinajstić information content (AvgIpc) is 3.36. The highest BCUT2D eigenvalue weighted by molar-refractivity contribution is 7.62. The summed E-state index contributed by atoms with van der Waals surface area (Å²) in [6, 6.07) is 13.9. The molecule has 2 N–H and O–H groups in total. The Hall–Kier alpha value is -3.12. The molecule has 0 amide bonds. The molecule has 0 radical (unpaired) electrons. The van der Waals surface area contributed by atoms with Gasteiger partial charge in [0.25, 0.3) is 0 Å². The van der Waals surface area contributed by atoms with E-state index in [0.29, 0.717) is 16.8 Å². The van der Waals surface area contributed by atoms with Gasteiger partial charge in [0, 0.05) is 28.3 Å². The monoisotopic (exact) mass is 404 g/mol. The normalized spacial score (nSPS) is 11.3. The number of carbonyl (C=O) groups is 2. The first kappa shape index (κ1) is 18.3. The molecule has 2 aromatic heterocycles. The van der Waals surface area contributed by atoms with Crippen molar-refractivity contribution in [2.24, 2.45) is 0 Å². The summed E-state index contributed by atoms with van der Waals surface area (Å²) in [5.74, 6) is 6.15. The third-order valence-corrected chi connectivity index (χ3v) is 5.33. The number of H-pyrrole nitrogens is 2. The second kappa shape index (κ2) is 8.27. The van der Waals surface area contributed by atoms with Gasteiger partial charge in [-0.1, -0.05) is 24.1 Å². The second-order valence-corrected chi connectivity index (χ2v) is 7.84. The molecule has 2 heterocycles. The fraction of sp³-hybridized carbons (Fsp3) is 0. The van der Waals surface area contributed by atoms with E-state index in [2.05, 4.69) is 37.8 Å². The molecule has 2 atom stereocenters.